The van der Waals surface area contributed by atoms with E-state index in [1.165, 1.54) is 6.07 Å². The lowest BCUT2D eigenvalue weighted by molar-refractivity contribution is 0.0690. The van der Waals surface area contributed by atoms with Crippen LogP contribution in [0.2, 0.25) is 0 Å². The van der Waals surface area contributed by atoms with E-state index in [1.54, 1.807) is 31.5 Å². The number of rotatable bonds is 4. The summed E-state index contributed by atoms with van der Waals surface area (Å²) in [5.74, 6) is -4.08. The molecule has 104 valence electrons. The molecule has 20 heavy (non-hydrogen) atoms. The van der Waals surface area contributed by atoms with Crippen LogP contribution in [0, 0.1) is 11.6 Å². The molecule has 1 unspecified atom stereocenters. The summed E-state index contributed by atoms with van der Waals surface area (Å²) in [5, 5.41) is 11.5. The summed E-state index contributed by atoms with van der Waals surface area (Å²) < 4.78 is 27.3. The average molecular weight is 278 g/mol. The third-order valence-corrected chi connectivity index (χ3v) is 2.89. The van der Waals surface area contributed by atoms with Gasteiger partial charge in [-0.2, -0.15) is 0 Å². The van der Waals surface area contributed by atoms with Crippen LogP contribution >= 0.6 is 0 Å². The van der Waals surface area contributed by atoms with E-state index in [9.17, 15) is 13.6 Å². The largest absolute Gasteiger partial charge is 0.478 e. The van der Waals surface area contributed by atoms with E-state index in [2.05, 4.69) is 10.3 Å². The second kappa shape index (κ2) is 5.64. The van der Waals surface area contributed by atoms with Gasteiger partial charge in [-0.05, 0) is 36.8 Å². The first-order chi connectivity index (χ1) is 9.50. The number of hydrogen-bond donors (Lipinski definition) is 2. The predicted molar refractivity (Wildman–Crippen MR) is 69.6 cm³/mol. The zero-order valence-corrected chi connectivity index (χ0v) is 10.6. The number of aromatic nitrogens is 1. The Kier molecular flexibility index (Phi) is 3.93. The number of halogens is 2. The van der Waals surface area contributed by atoms with Gasteiger partial charge in [0.25, 0.3) is 0 Å². The summed E-state index contributed by atoms with van der Waals surface area (Å²) in [6.45, 7) is 1.78. The van der Waals surface area contributed by atoms with Crippen LogP contribution in [0.5, 0.6) is 0 Å². The molecule has 1 atom stereocenters. The Morgan fingerprint density at radius 3 is 2.45 bits per heavy atom. The highest BCUT2D eigenvalue weighted by atomic mass is 19.2. The van der Waals surface area contributed by atoms with E-state index in [-0.39, 0.29) is 11.7 Å². The van der Waals surface area contributed by atoms with Crippen LogP contribution < -0.4 is 5.32 Å². The van der Waals surface area contributed by atoms with Gasteiger partial charge in [0, 0.05) is 18.4 Å². The highest BCUT2D eigenvalue weighted by Crippen LogP contribution is 2.24. The van der Waals surface area contributed by atoms with Crippen molar-refractivity contribution in [1.29, 1.82) is 0 Å². The number of nitrogens with zero attached hydrogens (tertiary/aromatic N) is 1. The molecule has 0 aliphatic heterocycles. The molecule has 1 aromatic carbocycles. The van der Waals surface area contributed by atoms with Crippen LogP contribution in [-0.4, -0.2) is 16.1 Å². The topological polar surface area (TPSA) is 62.2 Å². The van der Waals surface area contributed by atoms with Crippen molar-refractivity contribution in [3.8, 4) is 0 Å². The van der Waals surface area contributed by atoms with Gasteiger partial charge < -0.3 is 10.4 Å². The van der Waals surface area contributed by atoms with Crippen molar-refractivity contribution in [2.45, 2.75) is 13.0 Å². The van der Waals surface area contributed by atoms with Gasteiger partial charge >= 0.3 is 5.97 Å². The number of benzene rings is 1. The molecule has 0 aliphatic rings. The van der Waals surface area contributed by atoms with E-state index in [4.69, 9.17) is 5.11 Å². The van der Waals surface area contributed by atoms with Crippen LogP contribution in [0.1, 0.15) is 28.9 Å². The quantitative estimate of drug-likeness (QED) is 0.901. The smallest absolute Gasteiger partial charge is 0.338 e. The second-order valence-corrected chi connectivity index (χ2v) is 4.24. The number of aromatic carboxylic acids is 1. The Bertz CT molecular complexity index is 633. The molecule has 0 bridgehead atoms. The standard InChI is InChI=1S/C14H12F2N2O2/c1-8(9-4-6-17-7-5-9)18-11-3-2-10(14(19)20)12(15)13(11)16/h2-8,18H,1H3,(H,19,20). The minimum absolute atomic E-state index is 0.0863. The van der Waals surface area contributed by atoms with E-state index in [0.29, 0.717) is 0 Å². The first-order valence-electron chi connectivity index (χ1n) is 5.88. The third-order valence-electron chi connectivity index (χ3n) is 2.89. The summed E-state index contributed by atoms with van der Waals surface area (Å²) in [7, 11) is 0. The Hall–Kier alpha value is -2.50. The second-order valence-electron chi connectivity index (χ2n) is 4.24. The van der Waals surface area contributed by atoms with Gasteiger partial charge in [0.2, 0.25) is 0 Å². The van der Waals surface area contributed by atoms with Gasteiger partial charge in [0.05, 0.1) is 11.3 Å². The molecule has 0 fully saturated rings. The molecule has 0 aliphatic carbocycles. The first-order valence-corrected chi connectivity index (χ1v) is 5.88. The Balaban J connectivity index is 2.27. The Morgan fingerprint density at radius 1 is 1.20 bits per heavy atom. The zero-order chi connectivity index (χ0) is 14.7. The maximum Gasteiger partial charge on any atom is 0.338 e. The number of anilines is 1. The lowest BCUT2D eigenvalue weighted by atomic mass is 10.1. The summed E-state index contributed by atoms with van der Waals surface area (Å²) in [6.07, 6.45) is 3.19. The fourth-order valence-corrected chi connectivity index (χ4v) is 1.79. The molecule has 6 heteroatoms. The molecule has 4 nitrogen and oxygen atoms in total. The van der Waals surface area contributed by atoms with E-state index < -0.39 is 23.2 Å². The molecule has 0 saturated heterocycles. The van der Waals surface area contributed by atoms with Crippen LogP contribution in [0.15, 0.2) is 36.7 Å². The van der Waals surface area contributed by atoms with E-state index >= 15 is 0 Å². The molecular weight excluding hydrogens is 266 g/mol. The minimum Gasteiger partial charge on any atom is -0.478 e. The van der Waals surface area contributed by atoms with Crippen LogP contribution in [-0.2, 0) is 0 Å². The van der Waals surface area contributed by atoms with Gasteiger partial charge in [-0.1, -0.05) is 0 Å². The van der Waals surface area contributed by atoms with E-state index in [1.807, 2.05) is 0 Å². The van der Waals surface area contributed by atoms with E-state index in [0.717, 1.165) is 11.6 Å². The lowest BCUT2D eigenvalue weighted by Gasteiger charge is -2.16. The molecule has 0 spiro atoms. The predicted octanol–water partition coefficient (Wildman–Crippen LogP) is 3.23. The zero-order valence-electron chi connectivity index (χ0n) is 10.6. The number of hydrogen-bond acceptors (Lipinski definition) is 3. The summed E-state index contributed by atoms with van der Waals surface area (Å²) in [6, 6.07) is 5.46. The lowest BCUT2D eigenvalue weighted by Crippen LogP contribution is -2.11. The Morgan fingerprint density at radius 2 is 1.85 bits per heavy atom. The molecule has 1 heterocycles. The summed E-state index contributed by atoms with van der Waals surface area (Å²) in [5.41, 5.74) is 0.0727. The van der Waals surface area contributed by atoms with Crippen molar-refractivity contribution in [2.24, 2.45) is 0 Å². The highest BCUT2D eigenvalue weighted by Gasteiger charge is 2.19. The first kappa shape index (κ1) is 13.9. The van der Waals surface area contributed by atoms with Crippen molar-refractivity contribution in [2.75, 3.05) is 5.32 Å². The average Bonchev–Trinajstić information content (AvgIpc) is 2.44. The highest BCUT2D eigenvalue weighted by molar-refractivity contribution is 5.88. The van der Waals surface area contributed by atoms with Gasteiger partial charge in [0.1, 0.15) is 0 Å². The monoisotopic (exact) mass is 278 g/mol. The van der Waals surface area contributed by atoms with Crippen molar-refractivity contribution in [1.82, 2.24) is 4.98 Å². The maximum absolute atomic E-state index is 13.8. The number of carbonyl (C=O) groups is 1. The van der Waals surface area contributed by atoms with Crippen LogP contribution in [0.3, 0.4) is 0 Å². The van der Waals surface area contributed by atoms with Crippen molar-refractivity contribution in [3.05, 3.63) is 59.4 Å². The van der Waals surface area contributed by atoms with Gasteiger partial charge in [-0.25, -0.2) is 13.6 Å². The van der Waals surface area contributed by atoms with Crippen LogP contribution in [0.25, 0.3) is 0 Å². The molecule has 2 aromatic rings. The number of carboxylic acid groups (broad SMARTS) is 1. The van der Waals surface area contributed by atoms with Crippen LogP contribution in [0.4, 0.5) is 14.5 Å². The number of carboxylic acids is 1. The maximum atomic E-state index is 13.8. The number of pyridine rings is 1. The minimum atomic E-state index is -1.50. The molecule has 2 N–H and O–H groups in total. The Labute approximate surface area is 114 Å². The molecular formula is C14H12F2N2O2. The van der Waals surface area contributed by atoms with Gasteiger partial charge in [0.15, 0.2) is 11.6 Å². The normalized spacial score (nSPS) is 11.9. The van der Waals surface area contributed by atoms with Gasteiger partial charge in [-0.15, -0.1) is 0 Å². The number of nitrogens with one attached hydrogen (secondary N) is 1. The molecule has 2 rings (SSSR count). The molecule has 1 aromatic heterocycles. The third kappa shape index (κ3) is 2.74. The SMILES string of the molecule is CC(Nc1ccc(C(=O)O)c(F)c1F)c1ccncc1. The fraction of sp³-hybridized carbons (Fsp3) is 0.143. The summed E-state index contributed by atoms with van der Waals surface area (Å²) in [4.78, 5) is 14.6. The molecule has 0 radical (unpaired) electrons. The van der Waals surface area contributed by atoms with Crippen molar-refractivity contribution >= 4 is 11.7 Å². The fourth-order valence-electron chi connectivity index (χ4n) is 1.79. The summed E-state index contributed by atoms with van der Waals surface area (Å²) >= 11 is 0. The van der Waals surface area contributed by atoms with Crippen molar-refractivity contribution < 1.29 is 18.7 Å². The van der Waals surface area contributed by atoms with Crippen molar-refractivity contribution in [3.63, 3.8) is 0 Å². The molecule has 0 saturated carbocycles. The molecule has 0 amide bonds. The van der Waals surface area contributed by atoms with Gasteiger partial charge in [-0.3, -0.25) is 4.98 Å².